The number of aryl methyl sites for hydroxylation is 1. The summed E-state index contributed by atoms with van der Waals surface area (Å²) >= 11 is 0. The number of alkyl halides is 3. The second-order valence-electron chi connectivity index (χ2n) is 9.22. The summed E-state index contributed by atoms with van der Waals surface area (Å²) in [5.74, 6) is -0.191. The van der Waals surface area contributed by atoms with Gasteiger partial charge in [0.1, 0.15) is 6.07 Å². The number of hydrogen-bond acceptors (Lipinski definition) is 4. The number of halogens is 3. The van der Waals surface area contributed by atoms with Crippen LogP contribution in [0.25, 0.3) is 0 Å². The van der Waals surface area contributed by atoms with E-state index in [0.29, 0.717) is 5.56 Å². The molecule has 1 fully saturated rings. The quantitative estimate of drug-likeness (QED) is 0.721. The molecule has 0 unspecified atom stereocenters. The van der Waals surface area contributed by atoms with Crippen LogP contribution in [0.1, 0.15) is 54.9 Å². The monoisotopic (exact) mass is 430 g/mol. The fourth-order valence-electron chi connectivity index (χ4n) is 4.83. The van der Waals surface area contributed by atoms with Crippen molar-refractivity contribution in [1.82, 2.24) is 10.3 Å². The average molecular weight is 430 g/mol. The Kier molecular flexibility index (Phi) is 5.51. The highest BCUT2D eigenvalue weighted by Crippen LogP contribution is 2.55. The molecule has 1 aromatic carbocycles. The molecular weight excluding hydrogens is 405 g/mol. The minimum Gasteiger partial charge on any atom is -0.380 e. The van der Waals surface area contributed by atoms with Crippen LogP contribution >= 0.6 is 0 Å². The summed E-state index contributed by atoms with van der Waals surface area (Å²) in [6.07, 6.45) is -3.44. The van der Waals surface area contributed by atoms with Crippen molar-refractivity contribution in [2.24, 2.45) is 10.8 Å². The van der Waals surface area contributed by atoms with Gasteiger partial charge in [0.2, 0.25) is 0 Å². The first-order valence-electron chi connectivity index (χ1n) is 9.90. The molecule has 164 valence electrons. The molecule has 1 aliphatic rings. The summed E-state index contributed by atoms with van der Waals surface area (Å²) in [4.78, 5) is 16.4. The van der Waals surface area contributed by atoms with Gasteiger partial charge in [-0.25, -0.2) is 4.98 Å². The molecule has 8 heteroatoms. The van der Waals surface area contributed by atoms with E-state index in [4.69, 9.17) is 5.26 Å². The van der Waals surface area contributed by atoms with Gasteiger partial charge in [-0.2, -0.15) is 18.4 Å². The zero-order chi connectivity index (χ0) is 23.2. The number of amides is 1. The average Bonchev–Trinajstić information content (AvgIpc) is 2.69. The first-order chi connectivity index (χ1) is 14.3. The number of aromatic nitrogens is 1. The van der Waals surface area contributed by atoms with Gasteiger partial charge in [0, 0.05) is 28.5 Å². The number of hydrogen-bond donors (Lipinski definition) is 2. The molecule has 0 aliphatic heterocycles. The largest absolute Gasteiger partial charge is 0.419 e. The van der Waals surface area contributed by atoms with Crippen LogP contribution in [0.2, 0.25) is 0 Å². The molecule has 1 heterocycles. The normalized spacial score (nSPS) is 21.5. The summed E-state index contributed by atoms with van der Waals surface area (Å²) < 4.78 is 39.8. The molecule has 0 bridgehead atoms. The number of nitrogens with one attached hydrogen (secondary N) is 2. The van der Waals surface area contributed by atoms with E-state index < -0.39 is 28.3 Å². The summed E-state index contributed by atoms with van der Waals surface area (Å²) in [6.45, 7) is 9.77. The Morgan fingerprint density at radius 1 is 1.10 bits per heavy atom. The van der Waals surface area contributed by atoms with E-state index in [9.17, 15) is 18.0 Å². The fraction of sp³-hybridized carbons (Fsp3) is 0.435. The molecule has 2 N–H and O–H groups in total. The van der Waals surface area contributed by atoms with Crippen molar-refractivity contribution in [2.75, 3.05) is 5.32 Å². The number of nitrogens with zero attached hydrogens (tertiary/aromatic N) is 2. The number of benzene rings is 1. The highest BCUT2D eigenvalue weighted by Gasteiger charge is 2.62. The topological polar surface area (TPSA) is 77.8 Å². The zero-order valence-electron chi connectivity index (χ0n) is 18.1. The third-order valence-electron chi connectivity index (χ3n) is 6.18. The van der Waals surface area contributed by atoms with Crippen LogP contribution in [0, 0.1) is 29.1 Å². The van der Waals surface area contributed by atoms with Crippen LogP contribution in [0.15, 0.2) is 36.5 Å². The third kappa shape index (κ3) is 4.09. The van der Waals surface area contributed by atoms with E-state index in [0.717, 1.165) is 11.6 Å². The number of pyridine rings is 1. The Bertz CT molecular complexity index is 1020. The Labute approximate surface area is 179 Å². The highest BCUT2D eigenvalue weighted by molar-refractivity contribution is 5.94. The summed E-state index contributed by atoms with van der Waals surface area (Å²) in [5, 5.41) is 15.2. The molecule has 0 atom stereocenters. The van der Waals surface area contributed by atoms with E-state index in [-0.39, 0.29) is 23.7 Å². The molecule has 0 saturated heterocycles. The second kappa shape index (κ2) is 7.56. The number of carbonyl (C=O) groups is 1. The molecule has 0 radical (unpaired) electrons. The van der Waals surface area contributed by atoms with Crippen LogP contribution in [-0.4, -0.2) is 23.0 Å². The van der Waals surface area contributed by atoms with Gasteiger partial charge in [0.05, 0.1) is 17.4 Å². The predicted octanol–water partition coefficient (Wildman–Crippen LogP) is 4.93. The maximum atomic E-state index is 13.3. The van der Waals surface area contributed by atoms with Crippen molar-refractivity contribution in [3.63, 3.8) is 0 Å². The van der Waals surface area contributed by atoms with Crippen LogP contribution in [-0.2, 0) is 6.18 Å². The highest BCUT2D eigenvalue weighted by atomic mass is 19.4. The molecule has 2 aromatic rings. The minimum atomic E-state index is -4.68. The van der Waals surface area contributed by atoms with E-state index in [1.807, 2.05) is 46.8 Å². The van der Waals surface area contributed by atoms with Crippen molar-refractivity contribution < 1.29 is 18.0 Å². The van der Waals surface area contributed by atoms with Crippen molar-refractivity contribution in [1.29, 1.82) is 5.26 Å². The van der Waals surface area contributed by atoms with Gasteiger partial charge >= 0.3 is 6.18 Å². The lowest BCUT2D eigenvalue weighted by Gasteiger charge is -2.64. The van der Waals surface area contributed by atoms with Gasteiger partial charge in [0.15, 0.2) is 5.69 Å². The molecule has 1 aliphatic carbocycles. The summed E-state index contributed by atoms with van der Waals surface area (Å²) in [5.41, 5.74) is -0.834. The molecule has 31 heavy (non-hydrogen) atoms. The number of anilines is 1. The Morgan fingerprint density at radius 3 is 2.19 bits per heavy atom. The summed E-state index contributed by atoms with van der Waals surface area (Å²) in [6, 6.07) is 9.21. The first-order valence-corrected chi connectivity index (χ1v) is 9.90. The Hall–Kier alpha value is -3.08. The van der Waals surface area contributed by atoms with Gasteiger partial charge in [-0.15, -0.1) is 0 Å². The van der Waals surface area contributed by atoms with E-state index >= 15 is 0 Å². The fourth-order valence-corrected chi connectivity index (χ4v) is 4.83. The second-order valence-corrected chi connectivity index (χ2v) is 9.22. The van der Waals surface area contributed by atoms with Gasteiger partial charge in [-0.05, 0) is 25.1 Å². The van der Waals surface area contributed by atoms with Crippen molar-refractivity contribution >= 4 is 11.6 Å². The first kappa shape index (κ1) is 22.6. The van der Waals surface area contributed by atoms with Crippen LogP contribution in [0.3, 0.4) is 0 Å². The van der Waals surface area contributed by atoms with Gasteiger partial charge < -0.3 is 10.6 Å². The van der Waals surface area contributed by atoms with Crippen molar-refractivity contribution in [3.8, 4) is 6.07 Å². The van der Waals surface area contributed by atoms with E-state index in [1.54, 1.807) is 12.1 Å². The number of nitriles is 1. The molecule has 3 rings (SSSR count). The lowest BCUT2D eigenvalue weighted by molar-refractivity contribution is -0.138. The van der Waals surface area contributed by atoms with Crippen molar-refractivity contribution in [3.05, 3.63) is 58.9 Å². The minimum absolute atomic E-state index is 0.181. The number of rotatable bonds is 4. The third-order valence-corrected chi connectivity index (χ3v) is 6.18. The Balaban J connectivity index is 1.81. The van der Waals surface area contributed by atoms with Gasteiger partial charge in [0.25, 0.3) is 5.91 Å². The van der Waals surface area contributed by atoms with Gasteiger partial charge in [-0.1, -0.05) is 45.4 Å². The van der Waals surface area contributed by atoms with Crippen LogP contribution in [0.4, 0.5) is 18.9 Å². The lowest BCUT2D eigenvalue weighted by Crippen LogP contribution is -2.75. The van der Waals surface area contributed by atoms with Crippen LogP contribution < -0.4 is 10.6 Å². The predicted molar refractivity (Wildman–Crippen MR) is 111 cm³/mol. The van der Waals surface area contributed by atoms with Crippen molar-refractivity contribution in [2.45, 2.75) is 52.9 Å². The van der Waals surface area contributed by atoms with E-state index in [2.05, 4.69) is 15.6 Å². The lowest BCUT2D eigenvalue weighted by atomic mass is 9.48. The molecule has 1 saturated carbocycles. The zero-order valence-corrected chi connectivity index (χ0v) is 18.1. The van der Waals surface area contributed by atoms with Crippen LogP contribution in [0.5, 0.6) is 0 Å². The standard InChI is InChI=1S/C23H25F3N4O/c1-13-6-8-14(9-7-13)18(31)30-20-21(2,3)19(22(20,4)5)29-15-10-16(23(24,25)26)17(11-27)28-12-15/h6-10,12,19-20,29H,1-5H3,(H,30,31)/t19-,20-. The Morgan fingerprint density at radius 2 is 1.68 bits per heavy atom. The smallest absolute Gasteiger partial charge is 0.380 e. The SMILES string of the molecule is Cc1ccc(C(=O)N[C@H]2C(C)(C)[C@H](Nc3cnc(C#N)c(C(F)(F)F)c3)C2(C)C)cc1. The molecule has 5 nitrogen and oxygen atoms in total. The molecular formula is C23H25F3N4O. The number of carbonyl (C=O) groups excluding carboxylic acids is 1. The van der Waals surface area contributed by atoms with E-state index in [1.165, 1.54) is 12.3 Å². The maximum Gasteiger partial charge on any atom is 0.419 e. The van der Waals surface area contributed by atoms with Gasteiger partial charge in [-0.3, -0.25) is 4.79 Å². The molecule has 0 spiro atoms. The maximum absolute atomic E-state index is 13.3. The summed E-state index contributed by atoms with van der Waals surface area (Å²) in [7, 11) is 0. The molecule has 1 aromatic heterocycles. The molecule has 1 amide bonds.